The summed E-state index contributed by atoms with van der Waals surface area (Å²) in [6, 6.07) is 6.93. The molecule has 1 heterocycles. The number of nitrogens with two attached hydrogens (primary N) is 1. The van der Waals surface area contributed by atoms with Crippen molar-refractivity contribution in [2.75, 3.05) is 26.4 Å². The highest BCUT2D eigenvalue weighted by Crippen LogP contribution is 2.19. The van der Waals surface area contributed by atoms with Crippen molar-refractivity contribution < 1.29 is 19.4 Å². The molecule has 1 fully saturated rings. The lowest BCUT2D eigenvalue weighted by Crippen LogP contribution is -2.46. The molecule has 6 nitrogen and oxygen atoms in total. The normalized spacial score (nSPS) is 17.0. The van der Waals surface area contributed by atoms with Gasteiger partial charge in [0.1, 0.15) is 12.4 Å². The molecule has 1 unspecified atom stereocenters. The summed E-state index contributed by atoms with van der Waals surface area (Å²) in [6.45, 7) is 1.88. The lowest BCUT2D eigenvalue weighted by Gasteiger charge is -2.26. The van der Waals surface area contributed by atoms with Crippen LogP contribution in [0.15, 0.2) is 24.3 Å². The molecule has 4 N–H and O–H groups in total. The molecular weight excluding hydrogens is 284 g/mol. The van der Waals surface area contributed by atoms with Crippen LogP contribution in [0.1, 0.15) is 18.4 Å². The number of aliphatic hydroxyl groups excluding tert-OH is 1. The number of carbonyl (C=O) groups is 1. The zero-order valence-electron chi connectivity index (χ0n) is 12.7. The molecule has 1 aromatic rings. The van der Waals surface area contributed by atoms with Gasteiger partial charge in [-0.15, -0.1) is 0 Å². The SMILES string of the molecule is NC(C(=O)NCc1ccccc1OCCO)C1CCOCC1. The maximum atomic E-state index is 12.2. The minimum atomic E-state index is -0.505. The minimum absolute atomic E-state index is 0.0463. The number of ether oxygens (including phenoxy) is 2. The van der Waals surface area contributed by atoms with Crippen LogP contribution in [0.5, 0.6) is 5.75 Å². The average molecular weight is 308 g/mol. The molecule has 1 atom stereocenters. The maximum absolute atomic E-state index is 12.2. The Balaban J connectivity index is 1.87. The van der Waals surface area contributed by atoms with Gasteiger partial charge in [0, 0.05) is 25.3 Å². The number of hydrogen-bond acceptors (Lipinski definition) is 5. The Bertz CT molecular complexity index is 475. The summed E-state index contributed by atoms with van der Waals surface area (Å²) in [6.07, 6.45) is 1.65. The standard InChI is InChI=1S/C16H24N2O4/c17-15(12-5-8-21-9-6-12)16(20)18-11-13-3-1-2-4-14(13)22-10-7-19/h1-4,12,15,19H,5-11,17H2,(H,18,20). The van der Waals surface area contributed by atoms with E-state index in [1.807, 2.05) is 24.3 Å². The van der Waals surface area contributed by atoms with Crippen LogP contribution in [0.2, 0.25) is 0 Å². The van der Waals surface area contributed by atoms with Crippen molar-refractivity contribution in [2.24, 2.45) is 11.7 Å². The number of rotatable bonds is 7. The Morgan fingerprint density at radius 1 is 1.41 bits per heavy atom. The highest BCUT2D eigenvalue weighted by atomic mass is 16.5. The third-order valence-corrected chi connectivity index (χ3v) is 3.85. The van der Waals surface area contributed by atoms with Gasteiger partial charge in [0.25, 0.3) is 0 Å². The molecule has 2 rings (SSSR count). The van der Waals surface area contributed by atoms with Crippen LogP contribution in [0.3, 0.4) is 0 Å². The first-order chi connectivity index (χ1) is 10.7. The molecule has 22 heavy (non-hydrogen) atoms. The average Bonchev–Trinajstić information content (AvgIpc) is 2.58. The molecule has 0 bridgehead atoms. The van der Waals surface area contributed by atoms with E-state index >= 15 is 0 Å². The molecule has 0 radical (unpaired) electrons. The van der Waals surface area contributed by atoms with Gasteiger partial charge in [0.15, 0.2) is 0 Å². The van der Waals surface area contributed by atoms with E-state index in [2.05, 4.69) is 5.32 Å². The van der Waals surface area contributed by atoms with Crippen molar-refractivity contribution in [3.05, 3.63) is 29.8 Å². The van der Waals surface area contributed by atoms with Crippen molar-refractivity contribution in [1.82, 2.24) is 5.32 Å². The quantitative estimate of drug-likeness (QED) is 0.679. The van der Waals surface area contributed by atoms with E-state index in [0.717, 1.165) is 18.4 Å². The largest absolute Gasteiger partial charge is 0.491 e. The van der Waals surface area contributed by atoms with Crippen LogP contribution in [0.25, 0.3) is 0 Å². The van der Waals surface area contributed by atoms with Gasteiger partial charge in [-0.2, -0.15) is 0 Å². The number of benzene rings is 1. The fourth-order valence-corrected chi connectivity index (χ4v) is 2.54. The van der Waals surface area contributed by atoms with Crippen molar-refractivity contribution in [3.63, 3.8) is 0 Å². The second-order valence-corrected chi connectivity index (χ2v) is 5.37. The molecule has 0 saturated carbocycles. The van der Waals surface area contributed by atoms with Crippen LogP contribution < -0.4 is 15.8 Å². The summed E-state index contributed by atoms with van der Waals surface area (Å²) in [4.78, 5) is 12.2. The summed E-state index contributed by atoms with van der Waals surface area (Å²) in [7, 11) is 0. The molecule has 1 amide bonds. The summed E-state index contributed by atoms with van der Waals surface area (Å²) < 4.78 is 10.7. The summed E-state index contributed by atoms with van der Waals surface area (Å²) in [5, 5.41) is 11.7. The molecule has 122 valence electrons. The van der Waals surface area contributed by atoms with Crippen LogP contribution in [0, 0.1) is 5.92 Å². The molecular formula is C16H24N2O4. The van der Waals surface area contributed by atoms with Gasteiger partial charge >= 0.3 is 0 Å². The van der Waals surface area contributed by atoms with E-state index in [1.54, 1.807) is 0 Å². The van der Waals surface area contributed by atoms with E-state index in [0.29, 0.717) is 25.5 Å². The van der Waals surface area contributed by atoms with Gasteiger partial charge in [0.05, 0.1) is 12.6 Å². The first-order valence-corrected chi connectivity index (χ1v) is 7.65. The molecule has 1 saturated heterocycles. The molecule has 1 aliphatic rings. The molecule has 0 spiro atoms. The van der Waals surface area contributed by atoms with E-state index in [4.69, 9.17) is 20.3 Å². The van der Waals surface area contributed by atoms with Crippen LogP contribution in [0.4, 0.5) is 0 Å². The monoisotopic (exact) mass is 308 g/mol. The Morgan fingerprint density at radius 3 is 2.86 bits per heavy atom. The number of carbonyl (C=O) groups excluding carboxylic acids is 1. The van der Waals surface area contributed by atoms with E-state index in [9.17, 15) is 4.79 Å². The minimum Gasteiger partial charge on any atom is -0.491 e. The highest BCUT2D eigenvalue weighted by molar-refractivity contribution is 5.81. The zero-order chi connectivity index (χ0) is 15.8. The number of hydrogen-bond donors (Lipinski definition) is 3. The molecule has 1 aliphatic heterocycles. The molecule has 6 heteroatoms. The van der Waals surface area contributed by atoms with Gasteiger partial charge in [-0.05, 0) is 24.8 Å². The number of aliphatic hydroxyl groups is 1. The zero-order valence-corrected chi connectivity index (χ0v) is 12.7. The second kappa shape index (κ2) is 8.73. The predicted octanol–water partition coefficient (Wildman–Crippen LogP) is 0.428. The van der Waals surface area contributed by atoms with Gasteiger partial charge in [-0.1, -0.05) is 18.2 Å². The van der Waals surface area contributed by atoms with Gasteiger partial charge < -0.3 is 25.6 Å². The van der Waals surface area contributed by atoms with Crippen LogP contribution in [-0.4, -0.2) is 43.5 Å². The number of amides is 1. The summed E-state index contributed by atoms with van der Waals surface area (Å²) in [5.74, 6) is 0.690. The smallest absolute Gasteiger partial charge is 0.237 e. The topological polar surface area (TPSA) is 93.8 Å². The fourth-order valence-electron chi connectivity index (χ4n) is 2.54. The highest BCUT2D eigenvalue weighted by Gasteiger charge is 2.26. The van der Waals surface area contributed by atoms with Crippen LogP contribution >= 0.6 is 0 Å². The maximum Gasteiger partial charge on any atom is 0.237 e. The van der Waals surface area contributed by atoms with Gasteiger partial charge in [0.2, 0.25) is 5.91 Å². The lowest BCUT2D eigenvalue weighted by molar-refractivity contribution is -0.124. The van der Waals surface area contributed by atoms with Gasteiger partial charge in [-0.3, -0.25) is 4.79 Å². The Kier molecular flexibility index (Phi) is 6.64. The molecule has 0 aromatic heterocycles. The van der Waals surface area contributed by atoms with Gasteiger partial charge in [-0.25, -0.2) is 0 Å². The van der Waals surface area contributed by atoms with Crippen molar-refractivity contribution >= 4 is 5.91 Å². The lowest BCUT2D eigenvalue weighted by atomic mass is 9.92. The van der Waals surface area contributed by atoms with E-state index in [-0.39, 0.29) is 25.0 Å². The Labute approximate surface area is 130 Å². The van der Waals surface area contributed by atoms with Crippen molar-refractivity contribution in [3.8, 4) is 5.75 Å². The Morgan fingerprint density at radius 2 is 2.14 bits per heavy atom. The number of nitrogens with one attached hydrogen (secondary N) is 1. The van der Waals surface area contributed by atoms with E-state index < -0.39 is 6.04 Å². The van der Waals surface area contributed by atoms with Crippen molar-refractivity contribution in [2.45, 2.75) is 25.4 Å². The third kappa shape index (κ3) is 4.69. The first kappa shape index (κ1) is 16.7. The predicted molar refractivity (Wildman–Crippen MR) is 82.4 cm³/mol. The second-order valence-electron chi connectivity index (χ2n) is 5.37. The first-order valence-electron chi connectivity index (χ1n) is 7.65. The fraction of sp³-hybridized carbons (Fsp3) is 0.562. The van der Waals surface area contributed by atoms with Crippen molar-refractivity contribution in [1.29, 1.82) is 0 Å². The third-order valence-electron chi connectivity index (χ3n) is 3.85. The summed E-state index contributed by atoms with van der Waals surface area (Å²) >= 11 is 0. The molecule has 0 aliphatic carbocycles. The van der Waals surface area contributed by atoms with Crippen LogP contribution in [-0.2, 0) is 16.1 Å². The Hall–Kier alpha value is -1.63. The molecule has 1 aromatic carbocycles. The summed E-state index contributed by atoms with van der Waals surface area (Å²) in [5.41, 5.74) is 6.91. The number of para-hydroxylation sites is 1. The van der Waals surface area contributed by atoms with E-state index in [1.165, 1.54) is 0 Å².